The Labute approximate surface area is 196 Å². The SMILES string of the molecule is CCNC(=NCc1ccc(C(=O)N(C)C)cc1)NCC1CCOc2ccccc21.I. The van der Waals surface area contributed by atoms with E-state index in [1.807, 2.05) is 36.4 Å². The van der Waals surface area contributed by atoms with E-state index in [0.29, 0.717) is 18.0 Å². The molecule has 1 aliphatic heterocycles. The molecular weight excluding hydrogens is 491 g/mol. The number of carbonyl (C=O) groups is 1. The number of guanidine groups is 1. The summed E-state index contributed by atoms with van der Waals surface area (Å²) in [4.78, 5) is 18.3. The van der Waals surface area contributed by atoms with E-state index in [4.69, 9.17) is 9.73 Å². The Morgan fingerprint density at radius 3 is 2.57 bits per heavy atom. The molecule has 0 radical (unpaired) electrons. The molecule has 0 aliphatic carbocycles. The Morgan fingerprint density at radius 2 is 1.87 bits per heavy atom. The first-order valence-corrected chi connectivity index (χ1v) is 10.1. The highest BCUT2D eigenvalue weighted by Gasteiger charge is 2.21. The van der Waals surface area contributed by atoms with Crippen LogP contribution >= 0.6 is 24.0 Å². The van der Waals surface area contributed by atoms with Crippen molar-refractivity contribution in [3.05, 3.63) is 65.2 Å². The maximum Gasteiger partial charge on any atom is 0.253 e. The van der Waals surface area contributed by atoms with Crippen molar-refractivity contribution in [2.75, 3.05) is 33.8 Å². The molecule has 2 aromatic carbocycles. The molecule has 30 heavy (non-hydrogen) atoms. The number of hydrogen-bond acceptors (Lipinski definition) is 3. The summed E-state index contributed by atoms with van der Waals surface area (Å²) in [5.74, 6) is 2.19. The molecular formula is C23H31IN4O2. The van der Waals surface area contributed by atoms with Crippen molar-refractivity contribution in [3.8, 4) is 5.75 Å². The molecule has 0 bridgehead atoms. The molecule has 6 nitrogen and oxygen atoms in total. The van der Waals surface area contributed by atoms with Gasteiger partial charge in [0, 0.05) is 38.7 Å². The minimum atomic E-state index is 0. The molecule has 0 aromatic heterocycles. The molecule has 0 fully saturated rings. The molecule has 1 atom stereocenters. The zero-order valence-corrected chi connectivity index (χ0v) is 20.2. The number of hydrogen-bond donors (Lipinski definition) is 2. The minimum Gasteiger partial charge on any atom is -0.493 e. The molecule has 162 valence electrons. The number of benzene rings is 2. The van der Waals surface area contributed by atoms with Gasteiger partial charge < -0.3 is 20.3 Å². The second kappa shape index (κ2) is 11.8. The van der Waals surface area contributed by atoms with E-state index >= 15 is 0 Å². The summed E-state index contributed by atoms with van der Waals surface area (Å²) in [6.45, 7) is 4.96. The topological polar surface area (TPSA) is 66.0 Å². The van der Waals surface area contributed by atoms with Gasteiger partial charge in [-0.15, -0.1) is 24.0 Å². The number of fused-ring (bicyclic) bond motifs is 1. The van der Waals surface area contributed by atoms with Gasteiger partial charge in [-0.05, 0) is 42.7 Å². The molecule has 0 spiro atoms. The molecule has 2 N–H and O–H groups in total. The molecule has 2 aromatic rings. The normalized spacial score (nSPS) is 15.3. The van der Waals surface area contributed by atoms with E-state index in [-0.39, 0.29) is 29.9 Å². The summed E-state index contributed by atoms with van der Waals surface area (Å²) in [6, 6.07) is 15.9. The number of amides is 1. The van der Waals surface area contributed by atoms with Gasteiger partial charge >= 0.3 is 0 Å². The van der Waals surface area contributed by atoms with Crippen LogP contribution in [0.1, 0.15) is 40.7 Å². The minimum absolute atomic E-state index is 0. The van der Waals surface area contributed by atoms with Crippen LogP contribution in [0.4, 0.5) is 0 Å². The predicted molar refractivity (Wildman–Crippen MR) is 132 cm³/mol. The predicted octanol–water partition coefficient (Wildman–Crippen LogP) is 3.63. The molecule has 1 aliphatic rings. The number of halogens is 1. The van der Waals surface area contributed by atoms with E-state index in [0.717, 1.165) is 43.4 Å². The lowest BCUT2D eigenvalue weighted by atomic mass is 9.93. The number of carbonyl (C=O) groups excluding carboxylic acids is 1. The zero-order chi connectivity index (χ0) is 20.6. The number of ether oxygens (including phenoxy) is 1. The van der Waals surface area contributed by atoms with Crippen molar-refractivity contribution in [2.45, 2.75) is 25.8 Å². The Bertz CT molecular complexity index is 853. The number of rotatable bonds is 6. The number of nitrogens with one attached hydrogen (secondary N) is 2. The number of nitrogens with zero attached hydrogens (tertiary/aromatic N) is 2. The third kappa shape index (κ3) is 6.35. The Balaban J connectivity index is 0.00000320. The van der Waals surface area contributed by atoms with Crippen LogP contribution in [-0.4, -0.2) is 50.6 Å². The first-order valence-electron chi connectivity index (χ1n) is 10.1. The number of para-hydroxylation sites is 1. The lowest BCUT2D eigenvalue weighted by Gasteiger charge is -2.26. The third-order valence-corrected chi connectivity index (χ3v) is 4.97. The van der Waals surface area contributed by atoms with E-state index in [1.54, 1.807) is 19.0 Å². The highest BCUT2D eigenvalue weighted by atomic mass is 127. The van der Waals surface area contributed by atoms with E-state index < -0.39 is 0 Å². The molecule has 7 heteroatoms. The Kier molecular flexibility index (Phi) is 9.42. The molecule has 1 heterocycles. The van der Waals surface area contributed by atoms with E-state index in [1.165, 1.54) is 5.56 Å². The maximum atomic E-state index is 12.0. The summed E-state index contributed by atoms with van der Waals surface area (Å²) in [5.41, 5.74) is 3.00. The zero-order valence-electron chi connectivity index (χ0n) is 17.9. The quantitative estimate of drug-likeness (QED) is 0.346. The summed E-state index contributed by atoms with van der Waals surface area (Å²) in [6.07, 6.45) is 0.991. The summed E-state index contributed by atoms with van der Waals surface area (Å²) >= 11 is 0. The lowest BCUT2D eigenvalue weighted by molar-refractivity contribution is 0.0827. The Morgan fingerprint density at radius 1 is 1.13 bits per heavy atom. The van der Waals surface area contributed by atoms with E-state index in [2.05, 4.69) is 29.7 Å². The van der Waals surface area contributed by atoms with Gasteiger partial charge in [-0.25, -0.2) is 4.99 Å². The standard InChI is InChI=1S/C23H30N4O2.HI/c1-4-24-23(25-15-17-9-11-18(12-10-17)22(28)27(2)3)26-16-19-13-14-29-21-8-6-5-7-20(19)21;/h5-12,19H,4,13-16H2,1-3H3,(H2,24,25,26);1H. The highest BCUT2D eigenvalue weighted by Crippen LogP contribution is 2.32. The van der Waals surface area contributed by atoms with Gasteiger partial charge in [0.1, 0.15) is 5.75 Å². The van der Waals surface area contributed by atoms with Crippen molar-refractivity contribution in [1.29, 1.82) is 0 Å². The average molecular weight is 522 g/mol. The van der Waals surface area contributed by atoms with Crippen molar-refractivity contribution >= 4 is 35.8 Å². The van der Waals surface area contributed by atoms with Crippen LogP contribution in [0.2, 0.25) is 0 Å². The fraction of sp³-hybridized carbons (Fsp3) is 0.391. The van der Waals surface area contributed by atoms with Crippen LogP contribution in [0.3, 0.4) is 0 Å². The van der Waals surface area contributed by atoms with Crippen molar-refractivity contribution in [1.82, 2.24) is 15.5 Å². The van der Waals surface area contributed by atoms with Gasteiger partial charge in [0.05, 0.1) is 13.2 Å². The fourth-order valence-electron chi connectivity index (χ4n) is 3.37. The summed E-state index contributed by atoms with van der Waals surface area (Å²) in [7, 11) is 3.51. The van der Waals surface area contributed by atoms with Crippen LogP contribution in [0.15, 0.2) is 53.5 Å². The Hall–Kier alpha value is -2.29. The van der Waals surface area contributed by atoms with Gasteiger partial charge in [-0.1, -0.05) is 30.3 Å². The van der Waals surface area contributed by atoms with Crippen LogP contribution in [0.5, 0.6) is 5.75 Å². The first kappa shape index (κ1) is 24.0. The van der Waals surface area contributed by atoms with Gasteiger partial charge in [0.2, 0.25) is 0 Å². The van der Waals surface area contributed by atoms with Gasteiger partial charge in [-0.3, -0.25) is 4.79 Å². The van der Waals surface area contributed by atoms with Crippen molar-refractivity contribution in [2.24, 2.45) is 4.99 Å². The lowest BCUT2D eigenvalue weighted by Crippen LogP contribution is -2.40. The molecule has 3 rings (SSSR count). The van der Waals surface area contributed by atoms with Crippen molar-refractivity contribution < 1.29 is 9.53 Å². The summed E-state index contributed by atoms with van der Waals surface area (Å²) < 4.78 is 5.75. The largest absolute Gasteiger partial charge is 0.493 e. The molecule has 1 unspecified atom stereocenters. The molecule has 1 amide bonds. The maximum absolute atomic E-state index is 12.0. The number of aliphatic imine (C=N–C) groups is 1. The average Bonchev–Trinajstić information content (AvgIpc) is 2.75. The smallest absolute Gasteiger partial charge is 0.253 e. The third-order valence-electron chi connectivity index (χ3n) is 4.97. The van der Waals surface area contributed by atoms with Crippen molar-refractivity contribution in [3.63, 3.8) is 0 Å². The monoisotopic (exact) mass is 522 g/mol. The fourth-order valence-corrected chi connectivity index (χ4v) is 3.37. The first-order chi connectivity index (χ1) is 14.1. The second-order valence-corrected chi connectivity index (χ2v) is 7.34. The van der Waals surface area contributed by atoms with Crippen LogP contribution in [0, 0.1) is 0 Å². The van der Waals surface area contributed by atoms with Crippen LogP contribution in [0.25, 0.3) is 0 Å². The second-order valence-electron chi connectivity index (χ2n) is 7.34. The molecule has 0 saturated heterocycles. The van der Waals surface area contributed by atoms with Crippen LogP contribution in [-0.2, 0) is 6.54 Å². The van der Waals surface area contributed by atoms with Gasteiger partial charge in [-0.2, -0.15) is 0 Å². The van der Waals surface area contributed by atoms with Crippen LogP contribution < -0.4 is 15.4 Å². The van der Waals surface area contributed by atoms with Gasteiger partial charge in [0.15, 0.2) is 5.96 Å². The summed E-state index contributed by atoms with van der Waals surface area (Å²) in [5, 5.41) is 6.78. The van der Waals surface area contributed by atoms with Gasteiger partial charge in [0.25, 0.3) is 5.91 Å². The van der Waals surface area contributed by atoms with E-state index in [9.17, 15) is 4.79 Å². The molecule has 0 saturated carbocycles. The highest BCUT2D eigenvalue weighted by molar-refractivity contribution is 14.0.